The number of hydrogen-bond acceptors (Lipinski definition) is 4. The first-order valence-corrected chi connectivity index (χ1v) is 10.1. The van der Waals surface area contributed by atoms with Crippen LogP contribution in [0.2, 0.25) is 0 Å². The van der Waals surface area contributed by atoms with Crippen molar-refractivity contribution in [2.24, 2.45) is 5.92 Å². The lowest BCUT2D eigenvalue weighted by atomic mass is 9.97. The van der Waals surface area contributed by atoms with Crippen molar-refractivity contribution >= 4 is 6.09 Å². The molecule has 1 aromatic carbocycles. The number of aliphatic hydroxyl groups excluding tert-OH is 1. The number of amides is 1. The van der Waals surface area contributed by atoms with Crippen LogP contribution in [0.1, 0.15) is 39.2 Å². The van der Waals surface area contributed by atoms with Crippen LogP contribution < -0.4 is 0 Å². The van der Waals surface area contributed by atoms with E-state index in [0.29, 0.717) is 12.3 Å². The molecule has 0 radical (unpaired) electrons. The van der Waals surface area contributed by atoms with E-state index in [2.05, 4.69) is 23.4 Å². The molecule has 1 aromatic heterocycles. The van der Waals surface area contributed by atoms with Crippen LogP contribution in [0, 0.1) is 5.92 Å². The van der Waals surface area contributed by atoms with E-state index in [1.54, 1.807) is 4.90 Å². The second-order valence-electron chi connectivity index (χ2n) is 8.49. The highest BCUT2D eigenvalue weighted by Gasteiger charge is 2.27. The lowest BCUT2D eigenvalue weighted by molar-refractivity contribution is 0.0177. The topological polar surface area (TPSA) is 67.6 Å². The third kappa shape index (κ3) is 5.35. The normalized spacial score (nSPS) is 15.6. The van der Waals surface area contributed by atoms with Crippen LogP contribution in [0.4, 0.5) is 4.79 Å². The highest BCUT2D eigenvalue weighted by molar-refractivity contribution is 5.68. The number of benzene rings is 1. The molecule has 0 unspecified atom stereocenters. The minimum Gasteiger partial charge on any atom is -0.444 e. The van der Waals surface area contributed by atoms with Crippen molar-refractivity contribution in [1.82, 2.24) is 14.7 Å². The average molecular weight is 386 g/mol. The Morgan fingerprint density at radius 2 is 1.96 bits per heavy atom. The lowest BCUT2D eigenvalue weighted by Gasteiger charge is -2.33. The van der Waals surface area contributed by atoms with Crippen LogP contribution in [0.15, 0.2) is 36.7 Å². The minimum atomic E-state index is -0.453. The molecule has 152 valence electrons. The van der Waals surface area contributed by atoms with Gasteiger partial charge in [0.05, 0.1) is 6.20 Å². The van der Waals surface area contributed by atoms with Gasteiger partial charge < -0.3 is 14.7 Å². The lowest BCUT2D eigenvalue weighted by Crippen LogP contribution is -2.42. The Kier molecular flexibility index (Phi) is 6.39. The molecule has 1 aliphatic heterocycles. The predicted molar refractivity (Wildman–Crippen MR) is 109 cm³/mol. The fourth-order valence-electron chi connectivity index (χ4n) is 3.63. The second-order valence-corrected chi connectivity index (χ2v) is 8.49. The van der Waals surface area contributed by atoms with E-state index in [4.69, 9.17) is 4.74 Å². The zero-order valence-corrected chi connectivity index (χ0v) is 17.1. The monoisotopic (exact) mass is 385 g/mol. The van der Waals surface area contributed by atoms with E-state index in [9.17, 15) is 9.90 Å². The SMILES string of the molecule is CC(C)(C)OC(=O)N1CCC(Cn2cc(-c3ccccc3CCO)cn2)CC1. The largest absolute Gasteiger partial charge is 0.444 e. The van der Waals surface area contributed by atoms with Crippen molar-refractivity contribution < 1.29 is 14.6 Å². The molecule has 6 heteroatoms. The van der Waals surface area contributed by atoms with Crippen molar-refractivity contribution in [3.05, 3.63) is 42.2 Å². The zero-order valence-electron chi connectivity index (χ0n) is 17.1. The molecule has 1 N–H and O–H groups in total. The maximum Gasteiger partial charge on any atom is 0.410 e. The number of carbonyl (C=O) groups excluding carboxylic acids is 1. The molecule has 0 bridgehead atoms. The number of aliphatic hydroxyl groups is 1. The van der Waals surface area contributed by atoms with Gasteiger partial charge in [0, 0.05) is 38.0 Å². The Balaban J connectivity index is 1.56. The molecule has 2 aromatic rings. The molecule has 0 saturated carbocycles. The summed E-state index contributed by atoms with van der Waals surface area (Å²) >= 11 is 0. The molecule has 1 aliphatic rings. The summed E-state index contributed by atoms with van der Waals surface area (Å²) in [4.78, 5) is 14.0. The number of nitrogens with zero attached hydrogens (tertiary/aromatic N) is 3. The molecule has 6 nitrogen and oxygen atoms in total. The van der Waals surface area contributed by atoms with Gasteiger partial charge in [-0.25, -0.2) is 4.79 Å². The van der Waals surface area contributed by atoms with Gasteiger partial charge in [0.15, 0.2) is 0 Å². The summed E-state index contributed by atoms with van der Waals surface area (Å²) in [5, 5.41) is 13.8. The van der Waals surface area contributed by atoms with Crippen molar-refractivity contribution in [2.75, 3.05) is 19.7 Å². The maximum absolute atomic E-state index is 12.2. The van der Waals surface area contributed by atoms with Crippen LogP contribution >= 0.6 is 0 Å². The van der Waals surface area contributed by atoms with E-state index in [-0.39, 0.29) is 12.7 Å². The van der Waals surface area contributed by atoms with Gasteiger partial charge in [-0.15, -0.1) is 0 Å². The van der Waals surface area contributed by atoms with E-state index in [0.717, 1.165) is 49.2 Å². The standard InChI is InChI=1S/C22H31N3O3/c1-22(2,3)28-21(27)24-11-8-17(9-12-24)15-25-16-19(14-23-25)20-7-5-4-6-18(20)10-13-26/h4-7,14,16-17,26H,8-13,15H2,1-3H3. The maximum atomic E-state index is 12.2. The number of rotatable bonds is 5. The van der Waals surface area contributed by atoms with Crippen LogP contribution in [-0.2, 0) is 17.7 Å². The molecule has 0 spiro atoms. The first-order valence-electron chi connectivity index (χ1n) is 10.1. The summed E-state index contributed by atoms with van der Waals surface area (Å²) in [5.41, 5.74) is 2.89. The van der Waals surface area contributed by atoms with Crippen LogP contribution in [-0.4, -0.2) is 51.2 Å². The van der Waals surface area contributed by atoms with Gasteiger partial charge in [0.2, 0.25) is 0 Å². The number of ether oxygens (including phenoxy) is 1. The number of hydrogen-bond donors (Lipinski definition) is 1. The van der Waals surface area contributed by atoms with Crippen LogP contribution in [0.25, 0.3) is 11.1 Å². The van der Waals surface area contributed by atoms with Crippen LogP contribution in [0.5, 0.6) is 0 Å². The second kappa shape index (κ2) is 8.78. The van der Waals surface area contributed by atoms with E-state index >= 15 is 0 Å². The minimum absolute atomic E-state index is 0.140. The third-order valence-electron chi connectivity index (χ3n) is 5.05. The van der Waals surface area contributed by atoms with Crippen molar-refractivity contribution in [3.8, 4) is 11.1 Å². The quantitative estimate of drug-likeness (QED) is 0.851. The summed E-state index contributed by atoms with van der Waals surface area (Å²) < 4.78 is 7.46. The summed E-state index contributed by atoms with van der Waals surface area (Å²) in [6.07, 6.45) is 6.31. The Morgan fingerprint density at radius 3 is 2.64 bits per heavy atom. The summed E-state index contributed by atoms with van der Waals surface area (Å²) in [5.74, 6) is 0.499. The van der Waals surface area contributed by atoms with Crippen molar-refractivity contribution in [2.45, 2.75) is 52.2 Å². The molecular weight excluding hydrogens is 354 g/mol. The van der Waals surface area contributed by atoms with Crippen molar-refractivity contribution in [3.63, 3.8) is 0 Å². The number of likely N-dealkylation sites (tertiary alicyclic amines) is 1. The molecule has 3 rings (SSSR count). The van der Waals surface area contributed by atoms with E-state index < -0.39 is 5.60 Å². The Morgan fingerprint density at radius 1 is 1.25 bits per heavy atom. The fourth-order valence-corrected chi connectivity index (χ4v) is 3.63. The van der Waals surface area contributed by atoms with E-state index in [1.807, 2.05) is 43.8 Å². The molecule has 1 fully saturated rings. The average Bonchev–Trinajstić information content (AvgIpc) is 3.10. The van der Waals surface area contributed by atoms with Gasteiger partial charge >= 0.3 is 6.09 Å². The zero-order chi connectivity index (χ0) is 20.1. The van der Waals surface area contributed by atoms with Crippen molar-refractivity contribution in [1.29, 1.82) is 0 Å². The van der Waals surface area contributed by atoms with Gasteiger partial charge in [-0.1, -0.05) is 24.3 Å². The molecule has 0 atom stereocenters. The Labute approximate surface area is 167 Å². The molecule has 28 heavy (non-hydrogen) atoms. The van der Waals surface area contributed by atoms with Gasteiger partial charge in [-0.3, -0.25) is 4.68 Å². The van der Waals surface area contributed by atoms with Gasteiger partial charge in [-0.05, 0) is 57.1 Å². The van der Waals surface area contributed by atoms with Gasteiger partial charge in [0.1, 0.15) is 5.60 Å². The Bertz CT molecular complexity index is 786. The molecule has 2 heterocycles. The highest BCUT2D eigenvalue weighted by atomic mass is 16.6. The highest BCUT2D eigenvalue weighted by Crippen LogP contribution is 2.25. The molecule has 1 amide bonds. The number of aromatic nitrogens is 2. The van der Waals surface area contributed by atoms with Gasteiger partial charge in [-0.2, -0.15) is 5.10 Å². The van der Waals surface area contributed by atoms with E-state index in [1.165, 1.54) is 0 Å². The molecule has 0 aliphatic carbocycles. The summed E-state index contributed by atoms with van der Waals surface area (Å²) in [7, 11) is 0. The smallest absolute Gasteiger partial charge is 0.410 e. The van der Waals surface area contributed by atoms with Gasteiger partial charge in [0.25, 0.3) is 0 Å². The Hall–Kier alpha value is -2.34. The first kappa shape index (κ1) is 20.4. The first-order chi connectivity index (χ1) is 13.4. The predicted octanol–water partition coefficient (Wildman–Crippen LogP) is 3.73. The third-order valence-corrected chi connectivity index (χ3v) is 5.05. The summed E-state index contributed by atoms with van der Waals surface area (Å²) in [6.45, 7) is 8.13. The molecular formula is C22H31N3O3. The molecule has 1 saturated heterocycles. The summed E-state index contributed by atoms with van der Waals surface area (Å²) in [6, 6.07) is 8.14. The number of carbonyl (C=O) groups is 1. The fraction of sp³-hybridized carbons (Fsp3) is 0.545. The number of piperidine rings is 1. The van der Waals surface area contributed by atoms with Crippen LogP contribution in [0.3, 0.4) is 0 Å².